The number of benzene rings is 1. The maximum absolute atomic E-state index is 12.3. The molecule has 0 spiro atoms. The lowest BCUT2D eigenvalue weighted by Crippen LogP contribution is -2.44. The first kappa shape index (κ1) is 17.4. The van der Waals surface area contributed by atoms with Gasteiger partial charge >= 0.3 is 0 Å². The molecule has 1 fully saturated rings. The van der Waals surface area contributed by atoms with E-state index in [0.717, 1.165) is 25.9 Å². The van der Waals surface area contributed by atoms with Gasteiger partial charge in [0.2, 0.25) is 5.91 Å². The molecule has 22 heavy (non-hydrogen) atoms. The fraction of sp³-hybridized carbons (Fsp3) is 0.611. The zero-order valence-corrected chi connectivity index (χ0v) is 15.0. The van der Waals surface area contributed by atoms with E-state index in [4.69, 9.17) is 0 Å². The van der Waals surface area contributed by atoms with Gasteiger partial charge in [0.25, 0.3) is 0 Å². The van der Waals surface area contributed by atoms with Crippen LogP contribution in [0.5, 0.6) is 0 Å². The van der Waals surface area contributed by atoms with Crippen LogP contribution in [0.3, 0.4) is 0 Å². The van der Waals surface area contributed by atoms with E-state index in [2.05, 4.69) is 50.4 Å². The average Bonchev–Trinajstić information content (AvgIpc) is 2.52. The summed E-state index contributed by atoms with van der Waals surface area (Å²) in [4.78, 5) is 15.5. The summed E-state index contributed by atoms with van der Waals surface area (Å²) in [5.74, 6) is 0.804. The van der Waals surface area contributed by atoms with Gasteiger partial charge in [0.05, 0.1) is 5.75 Å². The highest BCUT2D eigenvalue weighted by Crippen LogP contribution is 2.26. The molecule has 1 aliphatic rings. The van der Waals surface area contributed by atoms with E-state index in [-0.39, 0.29) is 11.3 Å². The second-order valence-corrected chi connectivity index (χ2v) is 8.06. The average molecular weight is 321 g/mol. The maximum Gasteiger partial charge on any atom is 0.232 e. The van der Waals surface area contributed by atoms with Gasteiger partial charge < -0.3 is 10.2 Å². The van der Waals surface area contributed by atoms with Crippen LogP contribution in [0.2, 0.25) is 0 Å². The summed E-state index contributed by atoms with van der Waals surface area (Å²) < 4.78 is 0. The predicted molar refractivity (Wildman–Crippen MR) is 94.5 cm³/mol. The number of rotatable bonds is 4. The molecule has 1 aromatic rings. The molecule has 1 heterocycles. The number of carbonyl (C=O) groups excluding carboxylic acids is 1. The van der Waals surface area contributed by atoms with Gasteiger partial charge in [-0.3, -0.25) is 4.79 Å². The number of amides is 1. The minimum absolute atomic E-state index is 0.177. The Morgan fingerprint density at radius 2 is 1.82 bits per heavy atom. The van der Waals surface area contributed by atoms with E-state index in [1.54, 1.807) is 11.8 Å². The first-order chi connectivity index (χ1) is 10.4. The van der Waals surface area contributed by atoms with Gasteiger partial charge in [-0.15, -0.1) is 11.8 Å². The van der Waals surface area contributed by atoms with Crippen molar-refractivity contribution in [2.24, 2.45) is 0 Å². The molecule has 0 aromatic heterocycles. The van der Waals surface area contributed by atoms with Gasteiger partial charge in [-0.05, 0) is 43.0 Å². The highest BCUT2D eigenvalue weighted by atomic mass is 32.2. The molecule has 1 amide bonds. The van der Waals surface area contributed by atoms with E-state index in [1.807, 2.05) is 11.9 Å². The van der Waals surface area contributed by atoms with E-state index in [1.165, 1.54) is 10.5 Å². The largest absolute Gasteiger partial charge is 0.342 e. The Hall–Kier alpha value is -1.00. The second kappa shape index (κ2) is 7.51. The summed E-state index contributed by atoms with van der Waals surface area (Å²) in [7, 11) is 2.00. The minimum atomic E-state index is 0.177. The van der Waals surface area contributed by atoms with Crippen molar-refractivity contribution in [1.82, 2.24) is 10.2 Å². The lowest BCUT2D eigenvalue weighted by Gasteiger charge is -2.31. The van der Waals surface area contributed by atoms with Crippen LogP contribution in [0.1, 0.15) is 39.2 Å². The molecule has 0 saturated carbocycles. The molecule has 2 rings (SSSR count). The fourth-order valence-corrected chi connectivity index (χ4v) is 3.51. The van der Waals surface area contributed by atoms with Gasteiger partial charge in [-0.2, -0.15) is 0 Å². The molecular weight excluding hydrogens is 292 g/mol. The van der Waals surface area contributed by atoms with Crippen molar-refractivity contribution in [3.63, 3.8) is 0 Å². The molecule has 0 radical (unpaired) electrons. The number of hydrogen-bond donors (Lipinski definition) is 1. The first-order valence-electron chi connectivity index (χ1n) is 8.08. The Kier molecular flexibility index (Phi) is 5.93. The third-order valence-electron chi connectivity index (χ3n) is 4.34. The van der Waals surface area contributed by atoms with Crippen LogP contribution in [-0.2, 0) is 10.2 Å². The van der Waals surface area contributed by atoms with Crippen LogP contribution in [-0.4, -0.2) is 42.7 Å². The molecule has 0 atom stereocenters. The monoisotopic (exact) mass is 320 g/mol. The normalized spacial score (nSPS) is 16.8. The van der Waals surface area contributed by atoms with Gasteiger partial charge in [-0.25, -0.2) is 0 Å². The van der Waals surface area contributed by atoms with E-state index in [0.29, 0.717) is 11.8 Å². The number of nitrogens with zero attached hydrogens (tertiary/aromatic N) is 1. The molecule has 0 unspecified atom stereocenters. The van der Waals surface area contributed by atoms with Gasteiger partial charge in [0.1, 0.15) is 0 Å². The summed E-state index contributed by atoms with van der Waals surface area (Å²) in [6, 6.07) is 9.18. The van der Waals surface area contributed by atoms with Crippen LogP contribution in [0, 0.1) is 0 Å². The third-order valence-corrected chi connectivity index (χ3v) is 5.34. The minimum Gasteiger partial charge on any atom is -0.342 e. The fourth-order valence-electron chi connectivity index (χ4n) is 2.71. The number of carbonyl (C=O) groups is 1. The van der Waals surface area contributed by atoms with E-state index < -0.39 is 0 Å². The summed E-state index contributed by atoms with van der Waals surface area (Å²) >= 11 is 1.64. The first-order valence-corrected chi connectivity index (χ1v) is 9.07. The summed E-state index contributed by atoms with van der Waals surface area (Å²) in [6.45, 7) is 8.41. The highest BCUT2D eigenvalue weighted by molar-refractivity contribution is 8.00. The zero-order valence-electron chi connectivity index (χ0n) is 14.2. The standard InChI is InChI=1S/C18H28N2OS/c1-18(2,3)14-5-7-16(8-6-14)22-13-17(21)20-11-9-15(19-4)10-12-20/h5-8,15,19H,9-13H2,1-4H3. The Balaban J connectivity index is 1.81. The molecule has 122 valence electrons. The van der Waals surface area contributed by atoms with Crippen molar-refractivity contribution >= 4 is 17.7 Å². The highest BCUT2D eigenvalue weighted by Gasteiger charge is 2.21. The van der Waals surface area contributed by atoms with Crippen molar-refractivity contribution in [2.75, 3.05) is 25.9 Å². The van der Waals surface area contributed by atoms with Crippen LogP contribution in [0.25, 0.3) is 0 Å². The molecule has 0 aliphatic carbocycles. The molecule has 1 N–H and O–H groups in total. The molecule has 1 aliphatic heterocycles. The quantitative estimate of drug-likeness (QED) is 0.864. The van der Waals surface area contributed by atoms with Crippen molar-refractivity contribution in [1.29, 1.82) is 0 Å². The van der Waals surface area contributed by atoms with Crippen LogP contribution in [0.4, 0.5) is 0 Å². The lowest BCUT2D eigenvalue weighted by atomic mass is 9.87. The summed E-state index contributed by atoms with van der Waals surface area (Å²) in [5.41, 5.74) is 1.51. The predicted octanol–water partition coefficient (Wildman–Crippen LogP) is 3.29. The Morgan fingerprint density at radius 1 is 1.23 bits per heavy atom. The van der Waals surface area contributed by atoms with Crippen molar-refractivity contribution in [2.45, 2.75) is 50.0 Å². The number of thioether (sulfide) groups is 1. The molecule has 0 bridgehead atoms. The van der Waals surface area contributed by atoms with E-state index in [9.17, 15) is 4.79 Å². The molecule has 1 aromatic carbocycles. The molecular formula is C18H28N2OS. The van der Waals surface area contributed by atoms with Crippen LogP contribution < -0.4 is 5.32 Å². The SMILES string of the molecule is CNC1CCN(C(=O)CSc2ccc(C(C)(C)C)cc2)CC1. The second-order valence-electron chi connectivity index (χ2n) is 7.01. The van der Waals surface area contributed by atoms with Gasteiger partial charge in [-0.1, -0.05) is 32.9 Å². The number of nitrogens with one attached hydrogen (secondary N) is 1. The number of likely N-dealkylation sites (tertiary alicyclic amines) is 1. The molecule has 1 saturated heterocycles. The van der Waals surface area contributed by atoms with Crippen molar-refractivity contribution < 1.29 is 4.79 Å². The van der Waals surface area contributed by atoms with Crippen molar-refractivity contribution in [3.05, 3.63) is 29.8 Å². The number of piperidine rings is 1. The van der Waals surface area contributed by atoms with E-state index >= 15 is 0 Å². The smallest absolute Gasteiger partial charge is 0.232 e. The lowest BCUT2D eigenvalue weighted by molar-refractivity contribution is -0.129. The third kappa shape index (κ3) is 4.75. The maximum atomic E-state index is 12.3. The molecule has 4 heteroatoms. The number of hydrogen-bond acceptors (Lipinski definition) is 3. The Bertz CT molecular complexity index is 485. The van der Waals surface area contributed by atoms with Crippen molar-refractivity contribution in [3.8, 4) is 0 Å². The summed E-state index contributed by atoms with van der Waals surface area (Å²) in [6.07, 6.45) is 2.13. The molecule has 3 nitrogen and oxygen atoms in total. The topological polar surface area (TPSA) is 32.3 Å². The summed E-state index contributed by atoms with van der Waals surface area (Å²) in [5, 5.41) is 3.30. The zero-order chi connectivity index (χ0) is 16.2. The van der Waals surface area contributed by atoms with Crippen LogP contribution >= 0.6 is 11.8 Å². The Labute approximate surface area is 138 Å². The Morgan fingerprint density at radius 3 is 2.32 bits per heavy atom. The van der Waals surface area contributed by atoms with Gasteiger partial charge in [0, 0.05) is 24.0 Å². The van der Waals surface area contributed by atoms with Crippen LogP contribution in [0.15, 0.2) is 29.2 Å². The van der Waals surface area contributed by atoms with Gasteiger partial charge in [0.15, 0.2) is 0 Å².